The van der Waals surface area contributed by atoms with E-state index in [1.165, 1.54) is 6.07 Å². The minimum Gasteiger partial charge on any atom is -0.493 e. The van der Waals surface area contributed by atoms with Crippen molar-refractivity contribution < 1.29 is 27.4 Å². The van der Waals surface area contributed by atoms with Crippen LogP contribution in [0.2, 0.25) is 0 Å². The van der Waals surface area contributed by atoms with Gasteiger partial charge in [0.2, 0.25) is 11.8 Å². The molecule has 6 nitrogen and oxygen atoms in total. The van der Waals surface area contributed by atoms with Crippen LogP contribution in [0.3, 0.4) is 0 Å². The molecule has 1 aromatic carbocycles. The van der Waals surface area contributed by atoms with Gasteiger partial charge in [0.05, 0.1) is 24.8 Å². The highest BCUT2D eigenvalue weighted by atomic mass is 19.4. The minimum atomic E-state index is -4.45. The zero-order valence-corrected chi connectivity index (χ0v) is 14.8. The average Bonchev–Trinajstić information content (AvgIpc) is 2.68. The third kappa shape index (κ3) is 3.75. The number of hydrogen-bond acceptors (Lipinski definition) is 5. The number of piperazine rings is 1. The monoisotopic (exact) mass is 393 g/mol. The van der Waals surface area contributed by atoms with Crippen molar-refractivity contribution in [2.24, 2.45) is 0 Å². The van der Waals surface area contributed by atoms with Gasteiger partial charge in [-0.05, 0) is 24.3 Å². The summed E-state index contributed by atoms with van der Waals surface area (Å²) in [5.74, 6) is 1.18. The maximum Gasteiger partial charge on any atom is 0.417 e. The van der Waals surface area contributed by atoms with Crippen molar-refractivity contribution in [3.63, 3.8) is 0 Å². The van der Waals surface area contributed by atoms with E-state index in [0.29, 0.717) is 37.6 Å². The highest BCUT2D eigenvalue weighted by Crippen LogP contribution is 2.39. The zero-order valence-electron chi connectivity index (χ0n) is 14.8. The van der Waals surface area contributed by atoms with Crippen LogP contribution in [0.1, 0.15) is 23.6 Å². The molecule has 9 heteroatoms. The van der Waals surface area contributed by atoms with E-state index in [4.69, 9.17) is 9.47 Å². The van der Waals surface area contributed by atoms with Gasteiger partial charge in [0, 0.05) is 37.3 Å². The van der Waals surface area contributed by atoms with Gasteiger partial charge in [0.15, 0.2) is 0 Å². The summed E-state index contributed by atoms with van der Waals surface area (Å²) >= 11 is 0. The summed E-state index contributed by atoms with van der Waals surface area (Å²) in [7, 11) is 0. The van der Waals surface area contributed by atoms with Crippen molar-refractivity contribution in [1.29, 1.82) is 0 Å². The Hall–Kier alpha value is -2.81. The molecular formula is C19H18F3N3O3. The van der Waals surface area contributed by atoms with E-state index in [-0.39, 0.29) is 17.8 Å². The number of aromatic nitrogens is 1. The quantitative estimate of drug-likeness (QED) is 0.868. The molecule has 0 saturated carbocycles. The molecule has 1 amide bonds. The van der Waals surface area contributed by atoms with E-state index >= 15 is 0 Å². The molecule has 148 valence electrons. The lowest BCUT2D eigenvalue weighted by atomic mass is 9.98. The van der Waals surface area contributed by atoms with Gasteiger partial charge in [-0.25, -0.2) is 4.98 Å². The van der Waals surface area contributed by atoms with Crippen LogP contribution in [-0.4, -0.2) is 42.0 Å². The van der Waals surface area contributed by atoms with Gasteiger partial charge in [0.25, 0.3) is 0 Å². The summed E-state index contributed by atoms with van der Waals surface area (Å²) in [4.78, 5) is 17.8. The van der Waals surface area contributed by atoms with Gasteiger partial charge in [-0.1, -0.05) is 0 Å². The van der Waals surface area contributed by atoms with Crippen LogP contribution >= 0.6 is 0 Å². The van der Waals surface area contributed by atoms with Crippen LogP contribution in [-0.2, 0) is 11.0 Å². The molecule has 1 unspecified atom stereocenters. The van der Waals surface area contributed by atoms with Gasteiger partial charge in [-0.3, -0.25) is 4.79 Å². The fourth-order valence-corrected chi connectivity index (χ4v) is 3.42. The lowest BCUT2D eigenvalue weighted by Gasteiger charge is -2.38. The van der Waals surface area contributed by atoms with E-state index < -0.39 is 11.7 Å². The fourth-order valence-electron chi connectivity index (χ4n) is 3.42. The first kappa shape index (κ1) is 18.5. The Morgan fingerprint density at radius 3 is 2.82 bits per heavy atom. The van der Waals surface area contributed by atoms with E-state index in [2.05, 4.69) is 10.3 Å². The molecule has 1 saturated heterocycles. The van der Waals surface area contributed by atoms with Crippen molar-refractivity contribution in [2.45, 2.75) is 18.6 Å². The zero-order chi connectivity index (χ0) is 19.7. The van der Waals surface area contributed by atoms with E-state index in [0.717, 1.165) is 24.4 Å². The third-order valence-corrected chi connectivity index (χ3v) is 4.78. The second kappa shape index (κ2) is 7.31. The maximum atomic E-state index is 12.7. The van der Waals surface area contributed by atoms with Crippen molar-refractivity contribution in [2.75, 3.05) is 26.2 Å². The topological polar surface area (TPSA) is 63.7 Å². The molecule has 3 heterocycles. The third-order valence-electron chi connectivity index (χ3n) is 4.78. The molecule has 0 spiro atoms. The molecule has 2 aromatic rings. The molecule has 0 bridgehead atoms. The molecule has 28 heavy (non-hydrogen) atoms. The van der Waals surface area contributed by atoms with Crippen LogP contribution in [0, 0.1) is 0 Å². The number of benzene rings is 1. The number of nitrogens with one attached hydrogen (secondary N) is 1. The average molecular weight is 393 g/mol. The summed E-state index contributed by atoms with van der Waals surface area (Å²) in [6, 6.07) is 7.14. The van der Waals surface area contributed by atoms with E-state index in [1.807, 2.05) is 4.90 Å². The van der Waals surface area contributed by atoms with E-state index in [1.54, 1.807) is 18.2 Å². The van der Waals surface area contributed by atoms with Crippen LogP contribution in [0.15, 0.2) is 36.5 Å². The first-order chi connectivity index (χ1) is 13.4. The number of hydrogen-bond donors (Lipinski definition) is 1. The van der Waals surface area contributed by atoms with Gasteiger partial charge in [-0.15, -0.1) is 0 Å². The highest BCUT2D eigenvalue weighted by molar-refractivity contribution is 5.79. The summed E-state index contributed by atoms with van der Waals surface area (Å²) in [6.45, 7) is 2.15. The second-order valence-corrected chi connectivity index (χ2v) is 6.60. The number of rotatable bonds is 3. The first-order valence-electron chi connectivity index (χ1n) is 8.90. The van der Waals surface area contributed by atoms with Crippen LogP contribution in [0.25, 0.3) is 0 Å². The molecule has 0 radical (unpaired) electrons. The normalized spacial score (nSPS) is 19.8. The van der Waals surface area contributed by atoms with Crippen LogP contribution in [0.4, 0.5) is 13.2 Å². The summed E-state index contributed by atoms with van der Waals surface area (Å²) in [6.07, 6.45) is -3.04. The highest BCUT2D eigenvalue weighted by Gasteiger charge is 2.32. The number of fused-ring (bicyclic) bond motifs is 1. The smallest absolute Gasteiger partial charge is 0.417 e. The molecule has 0 aliphatic carbocycles. The predicted molar refractivity (Wildman–Crippen MR) is 93.2 cm³/mol. The SMILES string of the molecule is O=C1CNCCN1C1CCOc2ccc(Oc3ccc(C(F)(F)F)cn3)cc21. The number of carbonyl (C=O) groups excluding carboxylic acids is 1. The number of carbonyl (C=O) groups is 1. The number of halogens is 3. The summed E-state index contributed by atoms with van der Waals surface area (Å²) in [5, 5.41) is 3.05. The van der Waals surface area contributed by atoms with Crippen LogP contribution in [0.5, 0.6) is 17.4 Å². The number of nitrogens with zero attached hydrogens (tertiary/aromatic N) is 2. The van der Waals surface area contributed by atoms with Crippen molar-refractivity contribution >= 4 is 5.91 Å². The lowest BCUT2D eigenvalue weighted by Crippen LogP contribution is -2.50. The lowest BCUT2D eigenvalue weighted by molar-refractivity contribution is -0.138. The number of ether oxygens (including phenoxy) is 2. The van der Waals surface area contributed by atoms with Gasteiger partial charge < -0.3 is 19.7 Å². The largest absolute Gasteiger partial charge is 0.493 e. The molecular weight excluding hydrogens is 375 g/mol. The Kier molecular flexibility index (Phi) is 4.84. The standard InChI is InChI=1S/C19H18F3N3O3/c20-19(21,22)12-1-4-17(24-10-12)28-13-2-3-16-14(9-13)15(5-8-27-16)25-7-6-23-11-18(25)26/h1-4,9-10,15,23H,5-8,11H2. The van der Waals surface area contributed by atoms with Gasteiger partial charge in [0.1, 0.15) is 11.5 Å². The van der Waals surface area contributed by atoms with Crippen molar-refractivity contribution in [1.82, 2.24) is 15.2 Å². The Labute approximate surface area is 159 Å². The summed E-state index contributed by atoms with van der Waals surface area (Å²) in [5.41, 5.74) is -0.0121. The molecule has 2 aliphatic rings. The molecule has 1 aromatic heterocycles. The maximum absolute atomic E-state index is 12.7. The number of pyridine rings is 1. The molecule has 1 atom stereocenters. The Bertz CT molecular complexity index is 871. The summed E-state index contributed by atoms with van der Waals surface area (Å²) < 4.78 is 49.3. The van der Waals surface area contributed by atoms with Gasteiger partial charge in [-0.2, -0.15) is 13.2 Å². The molecule has 4 rings (SSSR count). The number of alkyl halides is 3. The second-order valence-electron chi connectivity index (χ2n) is 6.60. The Morgan fingerprint density at radius 2 is 2.11 bits per heavy atom. The molecule has 2 aliphatic heterocycles. The number of amides is 1. The first-order valence-corrected chi connectivity index (χ1v) is 8.90. The molecule has 1 fully saturated rings. The fraction of sp³-hybridized carbons (Fsp3) is 0.368. The minimum absolute atomic E-state index is 0.0276. The van der Waals surface area contributed by atoms with Crippen LogP contribution < -0.4 is 14.8 Å². The van der Waals surface area contributed by atoms with Crippen molar-refractivity contribution in [3.8, 4) is 17.4 Å². The molecule has 1 N–H and O–H groups in total. The Balaban J connectivity index is 1.57. The van der Waals surface area contributed by atoms with E-state index in [9.17, 15) is 18.0 Å². The van der Waals surface area contributed by atoms with Gasteiger partial charge >= 0.3 is 6.18 Å². The Morgan fingerprint density at radius 1 is 1.25 bits per heavy atom. The van der Waals surface area contributed by atoms with Crippen molar-refractivity contribution in [3.05, 3.63) is 47.7 Å². The predicted octanol–water partition coefficient (Wildman–Crippen LogP) is 3.15.